The molecule has 1 aliphatic carbocycles. The molecule has 2 aromatic carbocycles. The van der Waals surface area contributed by atoms with Gasteiger partial charge in [-0.2, -0.15) is 0 Å². The summed E-state index contributed by atoms with van der Waals surface area (Å²) < 4.78 is 5.56. The molecule has 24 heavy (non-hydrogen) atoms. The Balaban J connectivity index is 0.00000104. The van der Waals surface area contributed by atoms with Gasteiger partial charge in [0.2, 0.25) is 0 Å². The summed E-state index contributed by atoms with van der Waals surface area (Å²) in [4.78, 5) is 2.68. The lowest BCUT2D eigenvalue weighted by Crippen LogP contribution is -2.45. The zero-order valence-electron chi connectivity index (χ0n) is 14.0. The summed E-state index contributed by atoms with van der Waals surface area (Å²) in [6, 6.07) is 13.7. The van der Waals surface area contributed by atoms with Crippen LogP contribution < -0.4 is 10.1 Å². The fourth-order valence-electron chi connectivity index (χ4n) is 3.85. The Bertz CT molecular complexity index is 669. The zero-order valence-corrected chi connectivity index (χ0v) is 15.7. The van der Waals surface area contributed by atoms with Crippen molar-refractivity contribution in [3.8, 4) is 5.75 Å². The predicted octanol–water partition coefficient (Wildman–Crippen LogP) is 4.05. The average molecular weight is 369 g/mol. The second-order valence-electron chi connectivity index (χ2n) is 6.47. The normalized spacial score (nSPS) is 19.2. The fraction of sp³-hybridized carbons (Fsp3) is 0.474. The van der Waals surface area contributed by atoms with Gasteiger partial charge in [-0.15, -0.1) is 24.8 Å². The van der Waals surface area contributed by atoms with Crippen molar-refractivity contribution < 1.29 is 4.74 Å². The number of hydrogen-bond acceptors (Lipinski definition) is 3. The first kappa shape index (κ1) is 19.3. The molecule has 0 radical (unpaired) electrons. The van der Waals surface area contributed by atoms with E-state index in [4.69, 9.17) is 4.74 Å². The van der Waals surface area contributed by atoms with Crippen molar-refractivity contribution in [1.29, 1.82) is 0 Å². The Hall–Kier alpha value is -1.000. The van der Waals surface area contributed by atoms with Gasteiger partial charge in [-0.3, -0.25) is 4.90 Å². The van der Waals surface area contributed by atoms with Crippen molar-refractivity contribution in [2.24, 2.45) is 5.92 Å². The highest BCUT2D eigenvalue weighted by Crippen LogP contribution is 2.47. The number of methoxy groups -OCH3 is 1. The molecule has 0 unspecified atom stereocenters. The van der Waals surface area contributed by atoms with Crippen molar-refractivity contribution in [2.75, 3.05) is 33.3 Å². The summed E-state index contributed by atoms with van der Waals surface area (Å²) in [6.45, 7) is 4.53. The fourth-order valence-corrected chi connectivity index (χ4v) is 3.85. The standard InChI is InChI=1S/C19H24N2O.2ClH/c1-22-18-9-8-17(15-4-2-3-5-16(15)18)19(14-6-7-14)21-12-10-20-11-13-21;;/h2-5,8-9,14,19-20H,6-7,10-13H2,1H3;2*1H/t19-;;/m1../s1. The maximum Gasteiger partial charge on any atom is 0.126 e. The van der Waals surface area contributed by atoms with E-state index in [0.29, 0.717) is 6.04 Å². The van der Waals surface area contributed by atoms with E-state index in [1.807, 2.05) is 0 Å². The van der Waals surface area contributed by atoms with Crippen LogP contribution >= 0.6 is 24.8 Å². The predicted molar refractivity (Wildman–Crippen MR) is 105 cm³/mol. The molecular formula is C19H26Cl2N2O. The highest BCUT2D eigenvalue weighted by atomic mass is 35.5. The van der Waals surface area contributed by atoms with Crippen molar-refractivity contribution in [3.05, 3.63) is 42.0 Å². The zero-order chi connectivity index (χ0) is 14.9. The largest absolute Gasteiger partial charge is 0.496 e. The molecule has 2 fully saturated rings. The molecule has 0 amide bonds. The molecule has 1 heterocycles. The van der Waals surface area contributed by atoms with Gasteiger partial charge >= 0.3 is 0 Å². The number of halogens is 2. The lowest BCUT2D eigenvalue weighted by molar-refractivity contribution is 0.157. The number of rotatable bonds is 4. The number of hydrogen-bond donors (Lipinski definition) is 1. The third-order valence-electron chi connectivity index (χ3n) is 5.07. The molecule has 1 saturated carbocycles. The minimum Gasteiger partial charge on any atom is -0.496 e. The number of nitrogens with zero attached hydrogens (tertiary/aromatic N) is 1. The summed E-state index contributed by atoms with van der Waals surface area (Å²) in [5.74, 6) is 1.81. The molecule has 0 bridgehead atoms. The van der Waals surface area contributed by atoms with E-state index in [1.54, 1.807) is 7.11 Å². The first-order chi connectivity index (χ1) is 10.9. The van der Waals surface area contributed by atoms with E-state index >= 15 is 0 Å². The lowest BCUT2D eigenvalue weighted by atomic mass is 9.93. The van der Waals surface area contributed by atoms with Crippen molar-refractivity contribution >= 4 is 35.6 Å². The Labute approximate surface area is 156 Å². The highest BCUT2D eigenvalue weighted by molar-refractivity contribution is 5.91. The monoisotopic (exact) mass is 368 g/mol. The van der Waals surface area contributed by atoms with Crippen LogP contribution in [0.3, 0.4) is 0 Å². The van der Waals surface area contributed by atoms with E-state index in [0.717, 1.165) is 37.8 Å². The Kier molecular flexibility index (Phi) is 6.76. The van der Waals surface area contributed by atoms with E-state index < -0.39 is 0 Å². The summed E-state index contributed by atoms with van der Waals surface area (Å²) in [6.07, 6.45) is 2.74. The molecule has 1 saturated heterocycles. The average Bonchev–Trinajstić information content (AvgIpc) is 3.41. The SMILES string of the molecule is COc1ccc([C@@H](C2CC2)N2CCNCC2)c2ccccc12.Cl.Cl. The molecule has 0 spiro atoms. The second-order valence-corrected chi connectivity index (χ2v) is 6.47. The molecule has 132 valence electrons. The van der Waals surface area contributed by atoms with Crippen LogP contribution in [0.4, 0.5) is 0 Å². The van der Waals surface area contributed by atoms with Gasteiger partial charge in [0.1, 0.15) is 5.75 Å². The van der Waals surface area contributed by atoms with Crippen molar-refractivity contribution in [3.63, 3.8) is 0 Å². The van der Waals surface area contributed by atoms with Crippen LogP contribution in [0.15, 0.2) is 36.4 Å². The van der Waals surface area contributed by atoms with Crippen LogP contribution in [0.5, 0.6) is 5.75 Å². The quantitative estimate of drug-likeness (QED) is 0.880. The smallest absolute Gasteiger partial charge is 0.126 e. The number of ether oxygens (including phenoxy) is 1. The Morgan fingerprint density at radius 2 is 1.67 bits per heavy atom. The Morgan fingerprint density at radius 1 is 1.00 bits per heavy atom. The first-order valence-electron chi connectivity index (χ1n) is 8.39. The molecule has 2 aromatic rings. The Morgan fingerprint density at radius 3 is 2.29 bits per heavy atom. The molecule has 3 nitrogen and oxygen atoms in total. The van der Waals surface area contributed by atoms with Gasteiger partial charge in [0.15, 0.2) is 0 Å². The minimum absolute atomic E-state index is 0. The molecule has 1 N–H and O–H groups in total. The molecule has 1 aliphatic heterocycles. The third kappa shape index (κ3) is 3.65. The number of fused-ring (bicyclic) bond motifs is 1. The summed E-state index contributed by atoms with van der Waals surface area (Å²) in [5.41, 5.74) is 1.49. The molecular weight excluding hydrogens is 343 g/mol. The van der Waals surface area contributed by atoms with Gasteiger partial charge in [-0.1, -0.05) is 30.3 Å². The number of piperazine rings is 1. The number of benzene rings is 2. The third-order valence-corrected chi connectivity index (χ3v) is 5.07. The molecule has 4 rings (SSSR count). The summed E-state index contributed by atoms with van der Waals surface area (Å²) >= 11 is 0. The van der Waals surface area contributed by atoms with Gasteiger partial charge in [-0.25, -0.2) is 0 Å². The van der Waals surface area contributed by atoms with Crippen LogP contribution in [0.2, 0.25) is 0 Å². The van der Waals surface area contributed by atoms with Gasteiger partial charge in [-0.05, 0) is 35.8 Å². The van der Waals surface area contributed by atoms with Crippen molar-refractivity contribution in [1.82, 2.24) is 10.2 Å². The van der Waals surface area contributed by atoms with Crippen LogP contribution in [-0.4, -0.2) is 38.2 Å². The number of nitrogens with one attached hydrogen (secondary N) is 1. The maximum atomic E-state index is 5.56. The van der Waals surface area contributed by atoms with E-state index in [2.05, 4.69) is 46.6 Å². The lowest BCUT2D eigenvalue weighted by Gasteiger charge is -2.36. The van der Waals surface area contributed by atoms with Crippen LogP contribution in [0.25, 0.3) is 10.8 Å². The molecule has 0 aromatic heterocycles. The highest BCUT2D eigenvalue weighted by Gasteiger charge is 2.37. The molecule has 1 atom stereocenters. The van der Waals surface area contributed by atoms with E-state index in [1.165, 1.54) is 29.2 Å². The van der Waals surface area contributed by atoms with Crippen LogP contribution in [0, 0.1) is 5.92 Å². The second kappa shape index (κ2) is 8.39. The van der Waals surface area contributed by atoms with Crippen LogP contribution in [0.1, 0.15) is 24.4 Å². The summed E-state index contributed by atoms with van der Waals surface area (Å²) in [7, 11) is 1.76. The summed E-state index contributed by atoms with van der Waals surface area (Å²) in [5, 5.41) is 6.07. The maximum absolute atomic E-state index is 5.56. The van der Waals surface area contributed by atoms with Gasteiger partial charge < -0.3 is 10.1 Å². The van der Waals surface area contributed by atoms with Gasteiger partial charge in [0.05, 0.1) is 7.11 Å². The van der Waals surface area contributed by atoms with E-state index in [9.17, 15) is 0 Å². The molecule has 5 heteroatoms. The van der Waals surface area contributed by atoms with Crippen molar-refractivity contribution in [2.45, 2.75) is 18.9 Å². The van der Waals surface area contributed by atoms with Gasteiger partial charge in [0.25, 0.3) is 0 Å². The topological polar surface area (TPSA) is 24.5 Å². The van der Waals surface area contributed by atoms with E-state index in [-0.39, 0.29) is 24.8 Å². The van der Waals surface area contributed by atoms with Gasteiger partial charge in [0, 0.05) is 37.6 Å². The first-order valence-corrected chi connectivity index (χ1v) is 8.39. The minimum atomic E-state index is 0. The van der Waals surface area contributed by atoms with Crippen LogP contribution in [-0.2, 0) is 0 Å². The molecule has 2 aliphatic rings.